The molecule has 2 bridgehead atoms. The van der Waals surface area contributed by atoms with Gasteiger partial charge in [0.25, 0.3) is 0 Å². The summed E-state index contributed by atoms with van der Waals surface area (Å²) >= 11 is 0. The second kappa shape index (κ2) is 6.55. The summed E-state index contributed by atoms with van der Waals surface area (Å²) in [4.78, 5) is 28.4. The molecule has 130 valence electrons. The van der Waals surface area contributed by atoms with Crippen molar-refractivity contribution >= 4 is 12.4 Å². The van der Waals surface area contributed by atoms with Crippen LogP contribution in [-0.2, 0) is 16.1 Å². The Balaban J connectivity index is 1.76. The molecule has 3 rings (SSSR count). The van der Waals surface area contributed by atoms with Crippen LogP contribution >= 0.6 is 0 Å². The van der Waals surface area contributed by atoms with E-state index in [-0.39, 0.29) is 24.2 Å². The number of nitrogens with zero attached hydrogens (tertiary/aromatic N) is 2. The van der Waals surface area contributed by atoms with Gasteiger partial charge in [-0.15, -0.1) is 0 Å². The molecule has 0 saturated carbocycles. The molecule has 5 heteroatoms. The number of hydrogen-bond acceptors (Lipinski definition) is 4. The van der Waals surface area contributed by atoms with Crippen LogP contribution < -0.4 is 0 Å². The third kappa shape index (κ3) is 3.46. The van der Waals surface area contributed by atoms with Gasteiger partial charge in [0.2, 0.25) is 0 Å². The fraction of sp³-hybridized carbons (Fsp3) is 0.579. The van der Waals surface area contributed by atoms with Gasteiger partial charge in [-0.1, -0.05) is 30.3 Å². The summed E-state index contributed by atoms with van der Waals surface area (Å²) in [5, 5.41) is 0. The third-order valence-electron chi connectivity index (χ3n) is 4.78. The number of fused-ring (bicyclic) bond motifs is 2. The Morgan fingerprint density at radius 1 is 1.25 bits per heavy atom. The van der Waals surface area contributed by atoms with Crippen molar-refractivity contribution in [2.45, 2.75) is 63.9 Å². The summed E-state index contributed by atoms with van der Waals surface area (Å²) in [6.45, 7) is 7.06. The van der Waals surface area contributed by atoms with E-state index in [1.165, 1.54) is 5.56 Å². The number of carbonyl (C=O) groups is 2. The molecular weight excluding hydrogens is 304 g/mol. The highest BCUT2D eigenvalue weighted by Gasteiger charge is 2.49. The summed E-state index contributed by atoms with van der Waals surface area (Å²) in [6, 6.07) is 9.94. The number of benzene rings is 1. The standard InChI is InChI=1S/C19H26N2O3/c1-19(2,3)24-18(23)21-15-9-10-16(21)17(13-22)20(12-15)11-14-7-5-4-6-8-14/h4-8,13,15-17H,9-12H2,1-3H3/t15-,16-,17+/m0/s1. The normalized spacial score (nSPS) is 27.1. The quantitative estimate of drug-likeness (QED) is 0.800. The number of aldehydes is 1. The van der Waals surface area contributed by atoms with Crippen molar-refractivity contribution < 1.29 is 14.3 Å². The molecule has 1 amide bonds. The van der Waals surface area contributed by atoms with E-state index in [2.05, 4.69) is 17.0 Å². The molecule has 1 aromatic rings. The Morgan fingerprint density at radius 2 is 1.96 bits per heavy atom. The maximum absolute atomic E-state index is 12.6. The maximum atomic E-state index is 12.6. The van der Waals surface area contributed by atoms with Gasteiger partial charge in [0.05, 0.1) is 12.1 Å². The van der Waals surface area contributed by atoms with E-state index in [9.17, 15) is 9.59 Å². The van der Waals surface area contributed by atoms with Gasteiger partial charge in [0, 0.05) is 19.1 Å². The van der Waals surface area contributed by atoms with Crippen LogP contribution in [0.15, 0.2) is 30.3 Å². The second-order valence-electron chi connectivity index (χ2n) is 7.73. The fourth-order valence-electron chi connectivity index (χ4n) is 3.83. The van der Waals surface area contributed by atoms with E-state index in [1.54, 1.807) is 0 Å². The summed E-state index contributed by atoms with van der Waals surface area (Å²) in [6.07, 6.45) is 2.49. The summed E-state index contributed by atoms with van der Waals surface area (Å²) in [7, 11) is 0. The van der Waals surface area contributed by atoms with Crippen molar-refractivity contribution in [3.05, 3.63) is 35.9 Å². The smallest absolute Gasteiger partial charge is 0.410 e. The highest BCUT2D eigenvalue weighted by molar-refractivity contribution is 5.72. The SMILES string of the molecule is CC(C)(C)OC(=O)N1[C@H]2CC[C@H]1[C@@H](C=O)N(Cc1ccccc1)C2. The molecule has 0 aromatic heterocycles. The Morgan fingerprint density at radius 3 is 2.58 bits per heavy atom. The largest absolute Gasteiger partial charge is 0.444 e. The van der Waals surface area contributed by atoms with E-state index in [1.807, 2.05) is 43.9 Å². The van der Waals surface area contributed by atoms with Gasteiger partial charge in [0.15, 0.2) is 0 Å². The van der Waals surface area contributed by atoms with Gasteiger partial charge in [-0.3, -0.25) is 9.80 Å². The van der Waals surface area contributed by atoms with Crippen molar-refractivity contribution in [2.24, 2.45) is 0 Å². The van der Waals surface area contributed by atoms with Crippen LogP contribution in [0.2, 0.25) is 0 Å². The molecule has 3 atom stereocenters. The molecule has 24 heavy (non-hydrogen) atoms. The predicted molar refractivity (Wildman–Crippen MR) is 91.6 cm³/mol. The average molecular weight is 330 g/mol. The average Bonchev–Trinajstić information content (AvgIpc) is 2.83. The molecule has 0 aliphatic carbocycles. The number of carbonyl (C=O) groups excluding carboxylic acids is 2. The van der Waals surface area contributed by atoms with E-state index in [0.29, 0.717) is 6.54 Å². The van der Waals surface area contributed by atoms with Crippen molar-refractivity contribution in [3.63, 3.8) is 0 Å². The zero-order chi connectivity index (χ0) is 17.3. The molecule has 1 aromatic carbocycles. The van der Waals surface area contributed by atoms with Crippen LogP contribution in [0.3, 0.4) is 0 Å². The summed E-state index contributed by atoms with van der Waals surface area (Å²) < 4.78 is 5.56. The zero-order valence-electron chi connectivity index (χ0n) is 14.6. The molecule has 2 saturated heterocycles. The van der Waals surface area contributed by atoms with Crippen LogP contribution in [0.25, 0.3) is 0 Å². The first kappa shape index (κ1) is 17.0. The lowest BCUT2D eigenvalue weighted by molar-refractivity contribution is -0.117. The van der Waals surface area contributed by atoms with Crippen LogP contribution in [0.4, 0.5) is 4.79 Å². The van der Waals surface area contributed by atoms with Gasteiger partial charge in [-0.05, 0) is 39.2 Å². The lowest BCUT2D eigenvalue weighted by Gasteiger charge is -2.44. The molecule has 5 nitrogen and oxygen atoms in total. The predicted octanol–water partition coefficient (Wildman–Crippen LogP) is 2.84. The Labute approximate surface area is 143 Å². The minimum atomic E-state index is -0.519. The number of ether oxygens (including phenoxy) is 1. The maximum Gasteiger partial charge on any atom is 0.410 e. The number of likely N-dealkylation sites (tertiary alicyclic amines) is 1. The highest BCUT2D eigenvalue weighted by atomic mass is 16.6. The molecular formula is C19H26N2O3. The number of hydrogen-bond donors (Lipinski definition) is 0. The molecule has 2 heterocycles. The molecule has 2 fully saturated rings. The number of rotatable bonds is 3. The fourth-order valence-corrected chi connectivity index (χ4v) is 3.83. The monoisotopic (exact) mass is 330 g/mol. The van der Waals surface area contributed by atoms with Crippen molar-refractivity contribution in [2.75, 3.05) is 6.54 Å². The third-order valence-corrected chi connectivity index (χ3v) is 4.78. The van der Waals surface area contributed by atoms with Gasteiger partial charge in [0.1, 0.15) is 11.9 Å². The zero-order valence-corrected chi connectivity index (χ0v) is 14.6. The summed E-state index contributed by atoms with van der Waals surface area (Å²) in [5.41, 5.74) is 0.670. The van der Waals surface area contributed by atoms with Crippen molar-refractivity contribution in [1.82, 2.24) is 9.80 Å². The van der Waals surface area contributed by atoms with Crippen LogP contribution in [-0.4, -0.2) is 52.5 Å². The van der Waals surface area contributed by atoms with E-state index in [0.717, 1.165) is 25.7 Å². The van der Waals surface area contributed by atoms with Crippen molar-refractivity contribution in [3.8, 4) is 0 Å². The Hall–Kier alpha value is -1.88. The van der Waals surface area contributed by atoms with Crippen LogP contribution in [0.1, 0.15) is 39.2 Å². The first-order valence-electron chi connectivity index (χ1n) is 8.63. The Bertz CT molecular complexity index is 596. The second-order valence-corrected chi connectivity index (χ2v) is 7.73. The molecule has 2 aliphatic heterocycles. The molecule has 0 N–H and O–H groups in total. The minimum absolute atomic E-state index is 0.0835. The van der Waals surface area contributed by atoms with Gasteiger partial charge < -0.3 is 9.53 Å². The first-order valence-corrected chi connectivity index (χ1v) is 8.63. The lowest BCUT2D eigenvalue weighted by Crippen LogP contribution is -2.61. The van der Waals surface area contributed by atoms with E-state index >= 15 is 0 Å². The van der Waals surface area contributed by atoms with Gasteiger partial charge in [-0.25, -0.2) is 4.79 Å². The molecule has 0 radical (unpaired) electrons. The molecule has 0 unspecified atom stereocenters. The van der Waals surface area contributed by atoms with Gasteiger partial charge in [-0.2, -0.15) is 0 Å². The molecule has 0 spiro atoms. The van der Waals surface area contributed by atoms with Gasteiger partial charge >= 0.3 is 6.09 Å². The van der Waals surface area contributed by atoms with E-state index in [4.69, 9.17) is 4.74 Å². The minimum Gasteiger partial charge on any atom is -0.444 e. The molecule has 2 aliphatic rings. The lowest BCUT2D eigenvalue weighted by atomic mass is 10.0. The van der Waals surface area contributed by atoms with Crippen molar-refractivity contribution in [1.29, 1.82) is 0 Å². The number of piperazine rings is 1. The summed E-state index contributed by atoms with van der Waals surface area (Å²) in [5.74, 6) is 0. The topological polar surface area (TPSA) is 49.9 Å². The van der Waals surface area contributed by atoms with Crippen LogP contribution in [0, 0.1) is 0 Å². The number of amides is 1. The first-order chi connectivity index (χ1) is 11.4. The van der Waals surface area contributed by atoms with E-state index < -0.39 is 5.60 Å². The van der Waals surface area contributed by atoms with Crippen LogP contribution in [0.5, 0.6) is 0 Å². The highest BCUT2D eigenvalue weighted by Crippen LogP contribution is 2.35. The Kier molecular flexibility index (Phi) is 4.63.